The van der Waals surface area contributed by atoms with Crippen LogP contribution in [0.5, 0.6) is 0 Å². The van der Waals surface area contributed by atoms with Gasteiger partial charge in [-0.3, -0.25) is 5.32 Å². The summed E-state index contributed by atoms with van der Waals surface area (Å²) in [5, 5.41) is 10.7. The molecule has 0 atom stereocenters. The van der Waals surface area contributed by atoms with Crippen molar-refractivity contribution in [3.8, 4) is 0 Å². The van der Waals surface area contributed by atoms with Gasteiger partial charge in [-0.05, 0) is 30.4 Å². The van der Waals surface area contributed by atoms with Gasteiger partial charge in [0.05, 0.1) is 18.1 Å². The first-order chi connectivity index (χ1) is 10.7. The molecule has 9 nitrogen and oxygen atoms in total. The first-order valence-corrected chi connectivity index (χ1v) is 9.10. The fourth-order valence-electron chi connectivity index (χ4n) is 1.50. The van der Waals surface area contributed by atoms with Crippen LogP contribution < -0.4 is 15.6 Å². The standard InChI is InChI=1S/C12H15N3O2S.H4N2O2S/c1-3-6-18-8-4-5-9-10(7-8)14-11(13-9)15-12(16)17-2;1-5(2,3)4/h4-5,7H,3,6H2,1-2H3,(H2,13,14,15,16);(H4,1,2,3,4). The Bertz CT molecular complexity index is 752. The van der Waals surface area contributed by atoms with E-state index in [1.165, 1.54) is 12.0 Å². The number of imidazole rings is 1. The van der Waals surface area contributed by atoms with E-state index in [1.54, 1.807) is 11.8 Å². The number of anilines is 1. The molecule has 0 aliphatic carbocycles. The van der Waals surface area contributed by atoms with Crippen LogP contribution in [0.2, 0.25) is 0 Å². The molecule has 0 radical (unpaired) electrons. The maximum absolute atomic E-state index is 11.1. The van der Waals surface area contributed by atoms with Crippen molar-refractivity contribution in [2.24, 2.45) is 10.3 Å². The Morgan fingerprint density at radius 1 is 1.43 bits per heavy atom. The van der Waals surface area contributed by atoms with Crippen LogP contribution in [0.1, 0.15) is 13.3 Å². The highest BCUT2D eigenvalue weighted by atomic mass is 32.2. The quantitative estimate of drug-likeness (QED) is 0.604. The highest BCUT2D eigenvalue weighted by molar-refractivity contribution is 7.99. The smallest absolute Gasteiger partial charge is 0.413 e. The average molecular weight is 361 g/mol. The zero-order chi connectivity index (χ0) is 17.5. The summed E-state index contributed by atoms with van der Waals surface area (Å²) in [5.74, 6) is 1.48. The van der Waals surface area contributed by atoms with Gasteiger partial charge in [-0.2, -0.15) is 8.42 Å². The third-order valence-electron chi connectivity index (χ3n) is 2.33. The molecule has 1 aromatic carbocycles. The topological polar surface area (TPSA) is 153 Å². The van der Waals surface area contributed by atoms with Crippen LogP contribution in [-0.2, 0) is 14.9 Å². The van der Waals surface area contributed by atoms with Gasteiger partial charge in [0.15, 0.2) is 0 Å². The summed E-state index contributed by atoms with van der Waals surface area (Å²) in [6, 6.07) is 6.01. The monoisotopic (exact) mass is 361 g/mol. The van der Waals surface area contributed by atoms with Crippen LogP contribution in [0.25, 0.3) is 11.0 Å². The molecular formula is C12H19N5O4S2. The highest BCUT2D eigenvalue weighted by Crippen LogP contribution is 2.23. The number of hydrogen-bond donors (Lipinski definition) is 4. The maximum atomic E-state index is 11.1. The predicted octanol–water partition coefficient (Wildman–Crippen LogP) is 1.39. The molecule has 1 amide bonds. The van der Waals surface area contributed by atoms with E-state index in [1.807, 2.05) is 18.2 Å². The van der Waals surface area contributed by atoms with Crippen molar-refractivity contribution in [2.45, 2.75) is 18.2 Å². The molecule has 0 aliphatic rings. The Morgan fingerprint density at radius 3 is 2.65 bits per heavy atom. The highest BCUT2D eigenvalue weighted by Gasteiger charge is 2.07. The van der Waals surface area contributed by atoms with E-state index in [-0.39, 0.29) is 0 Å². The lowest BCUT2D eigenvalue weighted by atomic mass is 10.3. The molecule has 1 heterocycles. The third kappa shape index (κ3) is 7.83. The largest absolute Gasteiger partial charge is 0.453 e. The molecule has 128 valence electrons. The number of methoxy groups -OCH3 is 1. The van der Waals surface area contributed by atoms with Crippen LogP contribution in [0.3, 0.4) is 0 Å². The zero-order valence-electron chi connectivity index (χ0n) is 12.7. The summed E-state index contributed by atoms with van der Waals surface area (Å²) in [6.45, 7) is 2.15. The summed E-state index contributed by atoms with van der Waals surface area (Å²) in [5.41, 5.74) is 1.73. The number of carbonyl (C=O) groups excluding carboxylic acids is 1. The molecule has 0 fully saturated rings. The summed E-state index contributed by atoms with van der Waals surface area (Å²) >= 11 is 1.80. The minimum absolute atomic E-state index is 0.398. The number of amides is 1. The molecule has 2 aromatic rings. The van der Waals surface area contributed by atoms with Gasteiger partial charge >= 0.3 is 6.09 Å². The van der Waals surface area contributed by atoms with E-state index in [9.17, 15) is 13.2 Å². The molecule has 11 heteroatoms. The maximum Gasteiger partial charge on any atom is 0.413 e. The molecule has 0 bridgehead atoms. The first-order valence-electron chi connectivity index (χ1n) is 6.51. The molecule has 0 saturated carbocycles. The Morgan fingerprint density at radius 2 is 2.09 bits per heavy atom. The minimum atomic E-state index is -3.67. The molecule has 6 N–H and O–H groups in total. The van der Waals surface area contributed by atoms with Gasteiger partial charge in [-0.15, -0.1) is 11.8 Å². The number of benzene rings is 1. The number of H-pyrrole nitrogens is 1. The molecule has 0 aliphatic heterocycles. The van der Waals surface area contributed by atoms with E-state index in [0.29, 0.717) is 5.95 Å². The number of nitrogens with one attached hydrogen (secondary N) is 2. The van der Waals surface area contributed by atoms with Crippen molar-refractivity contribution in [3.63, 3.8) is 0 Å². The summed E-state index contributed by atoms with van der Waals surface area (Å²) < 4.78 is 22.9. The van der Waals surface area contributed by atoms with E-state index in [0.717, 1.165) is 23.2 Å². The lowest BCUT2D eigenvalue weighted by molar-refractivity contribution is 0.186. The number of ether oxygens (including phenoxy) is 1. The van der Waals surface area contributed by atoms with E-state index in [4.69, 9.17) is 0 Å². The second-order valence-corrected chi connectivity index (χ2v) is 6.66. The zero-order valence-corrected chi connectivity index (χ0v) is 14.3. The van der Waals surface area contributed by atoms with Crippen LogP contribution in [-0.4, -0.2) is 37.3 Å². The van der Waals surface area contributed by atoms with Gasteiger partial charge in [-0.25, -0.2) is 20.1 Å². The number of thioether (sulfide) groups is 1. The molecule has 0 unspecified atom stereocenters. The van der Waals surface area contributed by atoms with Crippen molar-refractivity contribution in [3.05, 3.63) is 18.2 Å². The van der Waals surface area contributed by atoms with Crippen molar-refractivity contribution >= 4 is 45.0 Å². The van der Waals surface area contributed by atoms with E-state index < -0.39 is 16.3 Å². The Kier molecular flexibility index (Phi) is 7.29. The molecular weight excluding hydrogens is 342 g/mol. The Hall–Kier alpha value is -1.82. The lowest BCUT2D eigenvalue weighted by Crippen LogP contribution is -2.21. The minimum Gasteiger partial charge on any atom is -0.453 e. The summed E-state index contributed by atoms with van der Waals surface area (Å²) in [7, 11) is -2.35. The third-order valence-corrected chi connectivity index (χ3v) is 3.53. The second-order valence-electron chi connectivity index (χ2n) is 4.32. The van der Waals surface area contributed by atoms with Crippen LogP contribution in [0.15, 0.2) is 23.1 Å². The normalized spacial score (nSPS) is 10.8. The SMILES string of the molecule is CCCSc1ccc2[nH]c(NC(=O)OC)nc2c1.NS(N)(=O)=O. The molecule has 23 heavy (non-hydrogen) atoms. The number of carbonyl (C=O) groups is 1. The molecule has 1 aromatic heterocycles. The number of hydrogen-bond acceptors (Lipinski definition) is 6. The van der Waals surface area contributed by atoms with E-state index >= 15 is 0 Å². The van der Waals surface area contributed by atoms with Crippen LogP contribution in [0.4, 0.5) is 10.7 Å². The second kappa shape index (κ2) is 8.72. The Balaban J connectivity index is 0.000000463. The van der Waals surface area contributed by atoms with Crippen LogP contribution >= 0.6 is 11.8 Å². The van der Waals surface area contributed by atoms with Crippen molar-refractivity contribution in [1.82, 2.24) is 9.97 Å². The molecule has 0 saturated heterocycles. The average Bonchev–Trinajstić information content (AvgIpc) is 2.84. The Labute approximate surface area is 138 Å². The fraction of sp³-hybridized carbons (Fsp3) is 0.333. The number of aromatic nitrogens is 2. The van der Waals surface area contributed by atoms with Crippen molar-refractivity contribution in [2.75, 3.05) is 18.2 Å². The predicted molar refractivity (Wildman–Crippen MR) is 90.4 cm³/mol. The summed E-state index contributed by atoms with van der Waals surface area (Å²) in [4.78, 5) is 19.6. The van der Waals surface area contributed by atoms with Gasteiger partial charge in [-0.1, -0.05) is 6.92 Å². The van der Waals surface area contributed by atoms with Gasteiger partial charge in [0.25, 0.3) is 10.2 Å². The van der Waals surface area contributed by atoms with Crippen molar-refractivity contribution in [1.29, 1.82) is 0 Å². The van der Waals surface area contributed by atoms with Gasteiger partial charge in [0, 0.05) is 4.90 Å². The van der Waals surface area contributed by atoms with Gasteiger partial charge in [0.2, 0.25) is 5.95 Å². The van der Waals surface area contributed by atoms with Gasteiger partial charge < -0.3 is 9.72 Å². The number of fused-ring (bicyclic) bond motifs is 1. The fourth-order valence-corrected chi connectivity index (χ4v) is 2.30. The lowest BCUT2D eigenvalue weighted by Gasteiger charge is -1.98. The van der Waals surface area contributed by atoms with Crippen molar-refractivity contribution < 1.29 is 17.9 Å². The number of rotatable bonds is 4. The van der Waals surface area contributed by atoms with E-state index in [2.05, 4.69) is 37.2 Å². The van der Waals surface area contributed by atoms with Gasteiger partial charge in [0.1, 0.15) is 0 Å². The van der Waals surface area contributed by atoms with Crippen LogP contribution in [0, 0.1) is 0 Å². The summed E-state index contributed by atoms with van der Waals surface area (Å²) in [6.07, 6.45) is 0.605. The molecule has 0 spiro atoms. The number of nitrogens with zero attached hydrogens (tertiary/aromatic N) is 1. The number of nitrogens with two attached hydrogens (primary N) is 2. The number of aromatic amines is 1. The molecule has 2 rings (SSSR count). The first kappa shape index (κ1) is 19.2.